The highest BCUT2D eigenvalue weighted by Gasteiger charge is 2.19. The number of hydrogen-bond donors (Lipinski definition) is 0. The fourth-order valence-electron chi connectivity index (χ4n) is 7.74. The van der Waals surface area contributed by atoms with Gasteiger partial charge in [0, 0.05) is 19.3 Å². The molecule has 0 aromatic carbocycles. The van der Waals surface area contributed by atoms with Gasteiger partial charge in [0.25, 0.3) is 0 Å². The van der Waals surface area contributed by atoms with Crippen molar-refractivity contribution < 1.29 is 28.6 Å². The zero-order valence-electron chi connectivity index (χ0n) is 38.6. The average Bonchev–Trinajstić information content (AvgIpc) is 3.21. The Kier molecular flexibility index (Phi) is 45.8. The molecule has 6 heteroatoms. The quantitative estimate of drug-likeness (QED) is 0.0346. The molecule has 6 nitrogen and oxygen atoms in total. The highest BCUT2D eigenvalue weighted by atomic mass is 16.6. The third-order valence-electron chi connectivity index (χ3n) is 11.6. The molecule has 0 aromatic rings. The van der Waals surface area contributed by atoms with Crippen LogP contribution in [0.3, 0.4) is 0 Å². The van der Waals surface area contributed by atoms with E-state index in [0.717, 1.165) is 57.8 Å². The molecule has 0 amide bonds. The number of carbonyl (C=O) groups is 3. The second kappa shape index (κ2) is 47.1. The van der Waals surface area contributed by atoms with Crippen molar-refractivity contribution in [3.05, 3.63) is 0 Å². The van der Waals surface area contributed by atoms with Crippen LogP contribution in [0.25, 0.3) is 0 Å². The molecular weight excluding hydrogens is 709 g/mol. The van der Waals surface area contributed by atoms with Gasteiger partial charge in [-0.25, -0.2) is 0 Å². The molecule has 0 unspecified atom stereocenters. The van der Waals surface area contributed by atoms with Crippen LogP contribution in [-0.4, -0.2) is 37.2 Å². The molecule has 0 fully saturated rings. The number of unbranched alkanes of at least 4 members (excludes halogenated alkanes) is 36. The number of esters is 3. The standard InChI is InChI=1S/C51H98O6/c1-4-7-10-13-16-19-22-24-25-26-27-28-30-32-35-38-41-44-50(53)56-47-48(46-55-49(52)43-40-37-34-31-21-18-15-12-9-6-3)57-51(54)45-42-39-36-33-29-23-20-17-14-11-8-5-2/h48H,4-47H2,1-3H3/t48-/m1/s1. The fourth-order valence-corrected chi connectivity index (χ4v) is 7.74. The number of rotatable bonds is 47. The van der Waals surface area contributed by atoms with Crippen molar-refractivity contribution in [3.63, 3.8) is 0 Å². The highest BCUT2D eigenvalue weighted by Crippen LogP contribution is 2.17. The first-order valence-corrected chi connectivity index (χ1v) is 25.5. The summed E-state index contributed by atoms with van der Waals surface area (Å²) >= 11 is 0. The van der Waals surface area contributed by atoms with E-state index >= 15 is 0 Å². The van der Waals surface area contributed by atoms with Crippen LogP contribution in [0.1, 0.15) is 290 Å². The third-order valence-corrected chi connectivity index (χ3v) is 11.6. The Balaban J connectivity index is 4.25. The zero-order chi connectivity index (χ0) is 41.5. The number of hydrogen-bond acceptors (Lipinski definition) is 6. The van der Waals surface area contributed by atoms with Gasteiger partial charge in [0.2, 0.25) is 0 Å². The fraction of sp³-hybridized carbons (Fsp3) is 0.941. The van der Waals surface area contributed by atoms with E-state index in [0.29, 0.717) is 19.3 Å². The minimum atomic E-state index is -0.758. The summed E-state index contributed by atoms with van der Waals surface area (Å²) in [5, 5.41) is 0. The minimum Gasteiger partial charge on any atom is -0.462 e. The van der Waals surface area contributed by atoms with Crippen molar-refractivity contribution in [1.29, 1.82) is 0 Å². The monoisotopic (exact) mass is 807 g/mol. The van der Waals surface area contributed by atoms with E-state index < -0.39 is 6.10 Å². The minimum absolute atomic E-state index is 0.0620. The maximum Gasteiger partial charge on any atom is 0.306 e. The summed E-state index contributed by atoms with van der Waals surface area (Å²) in [6.07, 6.45) is 49.4. The van der Waals surface area contributed by atoms with Crippen LogP contribution in [0, 0.1) is 0 Å². The Hall–Kier alpha value is -1.59. The van der Waals surface area contributed by atoms with E-state index in [1.54, 1.807) is 0 Å². The van der Waals surface area contributed by atoms with Crippen LogP contribution < -0.4 is 0 Å². The van der Waals surface area contributed by atoms with Crippen LogP contribution in [-0.2, 0) is 28.6 Å². The first-order chi connectivity index (χ1) is 28.0. The van der Waals surface area contributed by atoms with Gasteiger partial charge in [-0.2, -0.15) is 0 Å². The lowest BCUT2D eigenvalue weighted by Crippen LogP contribution is -2.30. The van der Waals surface area contributed by atoms with Crippen molar-refractivity contribution in [2.24, 2.45) is 0 Å². The van der Waals surface area contributed by atoms with Crippen LogP contribution >= 0.6 is 0 Å². The van der Waals surface area contributed by atoms with Crippen LogP contribution in [0.5, 0.6) is 0 Å². The van der Waals surface area contributed by atoms with Gasteiger partial charge in [-0.05, 0) is 19.3 Å². The summed E-state index contributed by atoms with van der Waals surface area (Å²) < 4.78 is 16.8. The van der Waals surface area contributed by atoms with Crippen molar-refractivity contribution in [1.82, 2.24) is 0 Å². The molecule has 0 aliphatic carbocycles. The van der Waals surface area contributed by atoms with Gasteiger partial charge in [-0.1, -0.05) is 252 Å². The summed E-state index contributed by atoms with van der Waals surface area (Å²) in [7, 11) is 0. The first kappa shape index (κ1) is 55.4. The second-order valence-electron chi connectivity index (χ2n) is 17.5. The summed E-state index contributed by atoms with van der Waals surface area (Å²) in [5.41, 5.74) is 0. The molecule has 0 bridgehead atoms. The molecular formula is C51H98O6. The van der Waals surface area contributed by atoms with E-state index in [1.165, 1.54) is 193 Å². The van der Waals surface area contributed by atoms with E-state index in [2.05, 4.69) is 20.8 Å². The van der Waals surface area contributed by atoms with Gasteiger partial charge >= 0.3 is 17.9 Å². The molecule has 0 rings (SSSR count). The molecule has 0 N–H and O–H groups in total. The molecule has 1 atom stereocenters. The van der Waals surface area contributed by atoms with Gasteiger partial charge in [0.05, 0.1) is 0 Å². The number of carbonyl (C=O) groups excluding carboxylic acids is 3. The maximum atomic E-state index is 12.7. The Labute approximate surface area is 355 Å². The predicted octanol–water partition coefficient (Wildman–Crippen LogP) is 16.4. The van der Waals surface area contributed by atoms with Gasteiger partial charge in [0.1, 0.15) is 13.2 Å². The SMILES string of the molecule is CCCCCCCCCCCCCCCCCCCC(=O)OC[C@@H](COC(=O)CCCCCCCCCCCC)OC(=O)CCCCCCCCCCCCCC. The molecule has 0 saturated carbocycles. The topological polar surface area (TPSA) is 78.9 Å². The lowest BCUT2D eigenvalue weighted by atomic mass is 10.0. The third kappa shape index (κ3) is 45.3. The molecule has 0 aliphatic rings. The van der Waals surface area contributed by atoms with E-state index in [1.807, 2.05) is 0 Å². The normalized spacial score (nSPS) is 11.8. The molecule has 0 spiro atoms. The first-order valence-electron chi connectivity index (χ1n) is 25.5. The zero-order valence-corrected chi connectivity index (χ0v) is 38.6. The molecule has 338 valence electrons. The largest absolute Gasteiger partial charge is 0.462 e. The Bertz CT molecular complexity index is 844. The summed E-state index contributed by atoms with van der Waals surface area (Å²) in [6.45, 7) is 6.66. The molecule has 0 aliphatic heterocycles. The van der Waals surface area contributed by atoms with Crippen LogP contribution in [0.4, 0.5) is 0 Å². The maximum absolute atomic E-state index is 12.7. The van der Waals surface area contributed by atoms with E-state index in [9.17, 15) is 14.4 Å². The molecule has 57 heavy (non-hydrogen) atoms. The van der Waals surface area contributed by atoms with Crippen molar-refractivity contribution >= 4 is 17.9 Å². The predicted molar refractivity (Wildman–Crippen MR) is 243 cm³/mol. The van der Waals surface area contributed by atoms with Gasteiger partial charge in [-0.3, -0.25) is 14.4 Å². The van der Waals surface area contributed by atoms with Gasteiger partial charge in [-0.15, -0.1) is 0 Å². The Morgan fingerprint density at radius 1 is 0.281 bits per heavy atom. The van der Waals surface area contributed by atoms with Crippen LogP contribution in [0.15, 0.2) is 0 Å². The van der Waals surface area contributed by atoms with Gasteiger partial charge < -0.3 is 14.2 Å². The van der Waals surface area contributed by atoms with Crippen molar-refractivity contribution in [2.45, 2.75) is 297 Å². The molecule has 0 saturated heterocycles. The summed E-state index contributed by atoms with van der Waals surface area (Å²) in [6, 6.07) is 0. The molecule has 0 heterocycles. The highest BCUT2D eigenvalue weighted by molar-refractivity contribution is 5.71. The van der Waals surface area contributed by atoms with Crippen molar-refractivity contribution in [3.8, 4) is 0 Å². The second-order valence-corrected chi connectivity index (χ2v) is 17.5. The van der Waals surface area contributed by atoms with Crippen LogP contribution in [0.2, 0.25) is 0 Å². The van der Waals surface area contributed by atoms with Gasteiger partial charge in [0.15, 0.2) is 6.10 Å². The van der Waals surface area contributed by atoms with E-state index in [-0.39, 0.29) is 31.1 Å². The smallest absolute Gasteiger partial charge is 0.306 e. The molecule has 0 aromatic heterocycles. The lowest BCUT2D eigenvalue weighted by Gasteiger charge is -2.18. The van der Waals surface area contributed by atoms with Crippen molar-refractivity contribution in [2.75, 3.05) is 13.2 Å². The lowest BCUT2D eigenvalue weighted by molar-refractivity contribution is -0.167. The average molecular weight is 807 g/mol. The van der Waals surface area contributed by atoms with E-state index in [4.69, 9.17) is 14.2 Å². The number of ether oxygens (including phenoxy) is 3. The molecule has 0 radical (unpaired) electrons. The summed E-state index contributed by atoms with van der Waals surface area (Å²) in [5.74, 6) is -0.844. The summed E-state index contributed by atoms with van der Waals surface area (Å²) in [4.78, 5) is 37.8. The Morgan fingerprint density at radius 3 is 0.702 bits per heavy atom. The Morgan fingerprint density at radius 2 is 0.474 bits per heavy atom.